The third-order valence-corrected chi connectivity index (χ3v) is 3.20. The molecular weight excluding hydrogens is 202 g/mol. The summed E-state index contributed by atoms with van der Waals surface area (Å²) in [5.41, 5.74) is 0.898. The monoisotopic (exact) mass is 215 g/mol. The second kappa shape index (κ2) is 3.67. The molecule has 3 nitrogen and oxygen atoms in total. The highest BCUT2D eigenvalue weighted by molar-refractivity contribution is 5.77. The number of carbonyl (C=O) groups excluding carboxylic acids is 1. The Morgan fingerprint density at radius 2 is 2.25 bits per heavy atom. The second-order valence-electron chi connectivity index (χ2n) is 4.19. The highest BCUT2D eigenvalue weighted by atomic mass is 16.3. The number of fused-ring (bicyclic) bond motifs is 1. The van der Waals surface area contributed by atoms with Gasteiger partial charge >= 0.3 is 0 Å². The molecule has 0 bridgehead atoms. The van der Waals surface area contributed by atoms with Gasteiger partial charge in [0.15, 0.2) is 0 Å². The Morgan fingerprint density at radius 1 is 1.38 bits per heavy atom. The van der Waals surface area contributed by atoms with Crippen molar-refractivity contribution in [3.8, 4) is 0 Å². The van der Waals surface area contributed by atoms with Gasteiger partial charge in [-0.3, -0.25) is 4.79 Å². The predicted octanol–water partition coefficient (Wildman–Crippen LogP) is 2.73. The number of nitrogens with zero attached hydrogens (tertiary/aromatic N) is 1. The van der Waals surface area contributed by atoms with Crippen LogP contribution in [0.2, 0.25) is 0 Å². The van der Waals surface area contributed by atoms with Crippen molar-refractivity contribution in [3.05, 3.63) is 36.1 Å². The molecule has 1 aliphatic rings. The standard InChI is InChI=1S/C13H13NO2/c15-9-14-7-3-5-11(14)13-8-10-4-1-2-6-12(10)16-13/h1-2,4,6,8-9,11H,3,5,7H2. The van der Waals surface area contributed by atoms with Gasteiger partial charge in [0.1, 0.15) is 11.3 Å². The van der Waals surface area contributed by atoms with Crippen LogP contribution in [0.15, 0.2) is 34.7 Å². The molecule has 1 aromatic carbocycles. The van der Waals surface area contributed by atoms with E-state index in [1.165, 1.54) is 0 Å². The van der Waals surface area contributed by atoms with Crippen molar-refractivity contribution in [2.24, 2.45) is 0 Å². The molecule has 0 saturated carbocycles. The summed E-state index contributed by atoms with van der Waals surface area (Å²) >= 11 is 0. The summed E-state index contributed by atoms with van der Waals surface area (Å²) in [6, 6.07) is 10.1. The lowest BCUT2D eigenvalue weighted by Gasteiger charge is -2.16. The number of rotatable bonds is 2. The minimum Gasteiger partial charge on any atom is -0.459 e. The van der Waals surface area contributed by atoms with Crippen molar-refractivity contribution in [3.63, 3.8) is 0 Å². The van der Waals surface area contributed by atoms with Gasteiger partial charge in [0, 0.05) is 11.9 Å². The van der Waals surface area contributed by atoms with Crippen LogP contribution in [-0.4, -0.2) is 17.9 Å². The second-order valence-corrected chi connectivity index (χ2v) is 4.19. The summed E-state index contributed by atoms with van der Waals surface area (Å²) in [6.07, 6.45) is 2.98. The van der Waals surface area contributed by atoms with Crippen LogP contribution in [0.3, 0.4) is 0 Å². The molecule has 0 spiro atoms. The Morgan fingerprint density at radius 3 is 3.06 bits per heavy atom. The van der Waals surface area contributed by atoms with Gasteiger partial charge in [0.25, 0.3) is 0 Å². The highest BCUT2D eigenvalue weighted by Gasteiger charge is 2.27. The molecule has 2 heterocycles. The van der Waals surface area contributed by atoms with Crippen LogP contribution >= 0.6 is 0 Å². The van der Waals surface area contributed by atoms with E-state index in [1.54, 1.807) is 0 Å². The third-order valence-electron chi connectivity index (χ3n) is 3.20. The maximum atomic E-state index is 10.9. The van der Waals surface area contributed by atoms with Crippen LogP contribution in [0.25, 0.3) is 11.0 Å². The SMILES string of the molecule is O=CN1CCCC1c1cc2ccccc2o1. The average Bonchev–Trinajstić information content (AvgIpc) is 2.94. The number of hydrogen-bond acceptors (Lipinski definition) is 2. The number of carbonyl (C=O) groups is 1. The Labute approximate surface area is 93.6 Å². The van der Waals surface area contributed by atoms with Gasteiger partial charge in [0.05, 0.1) is 6.04 Å². The lowest BCUT2D eigenvalue weighted by atomic mass is 10.1. The summed E-state index contributed by atoms with van der Waals surface area (Å²) in [6.45, 7) is 0.839. The number of furan rings is 1. The van der Waals surface area contributed by atoms with Crippen LogP contribution in [-0.2, 0) is 4.79 Å². The Bertz CT molecular complexity index is 484. The van der Waals surface area contributed by atoms with Crippen molar-refractivity contribution in [2.75, 3.05) is 6.54 Å². The molecule has 1 saturated heterocycles. The quantitative estimate of drug-likeness (QED) is 0.722. The lowest BCUT2D eigenvalue weighted by molar-refractivity contribution is -0.119. The fraction of sp³-hybridized carbons (Fsp3) is 0.308. The molecule has 1 atom stereocenters. The van der Waals surface area contributed by atoms with Crippen LogP contribution in [0.1, 0.15) is 24.6 Å². The van der Waals surface area contributed by atoms with Crippen LogP contribution in [0.4, 0.5) is 0 Å². The first-order valence-electron chi connectivity index (χ1n) is 5.58. The van der Waals surface area contributed by atoms with Gasteiger partial charge in [-0.05, 0) is 25.0 Å². The summed E-state index contributed by atoms with van der Waals surface area (Å²) < 4.78 is 5.78. The Kier molecular flexibility index (Phi) is 2.17. The van der Waals surface area contributed by atoms with E-state index in [-0.39, 0.29) is 6.04 Å². The first-order chi connectivity index (χ1) is 7.88. The third kappa shape index (κ3) is 1.40. The van der Waals surface area contributed by atoms with E-state index in [0.29, 0.717) is 0 Å². The molecule has 0 aliphatic carbocycles. The van der Waals surface area contributed by atoms with Crippen LogP contribution in [0, 0.1) is 0 Å². The minimum absolute atomic E-state index is 0.130. The first-order valence-corrected chi connectivity index (χ1v) is 5.58. The zero-order valence-corrected chi connectivity index (χ0v) is 8.93. The number of likely N-dealkylation sites (tertiary alicyclic amines) is 1. The molecule has 2 aromatic rings. The predicted molar refractivity (Wildman–Crippen MR) is 61.0 cm³/mol. The van der Waals surface area contributed by atoms with E-state index in [1.807, 2.05) is 35.2 Å². The van der Waals surface area contributed by atoms with Crippen LogP contribution < -0.4 is 0 Å². The number of para-hydroxylation sites is 1. The maximum Gasteiger partial charge on any atom is 0.210 e. The molecular formula is C13H13NO2. The number of amides is 1. The van der Waals surface area contributed by atoms with E-state index in [9.17, 15) is 4.79 Å². The zero-order valence-electron chi connectivity index (χ0n) is 8.93. The zero-order chi connectivity index (χ0) is 11.0. The molecule has 16 heavy (non-hydrogen) atoms. The summed E-state index contributed by atoms with van der Waals surface area (Å²) in [7, 11) is 0. The van der Waals surface area contributed by atoms with Gasteiger partial charge in [-0.25, -0.2) is 0 Å². The van der Waals surface area contributed by atoms with Gasteiger partial charge in [-0.2, -0.15) is 0 Å². The molecule has 1 aromatic heterocycles. The van der Waals surface area contributed by atoms with Gasteiger partial charge in [-0.15, -0.1) is 0 Å². The molecule has 0 radical (unpaired) electrons. The molecule has 82 valence electrons. The van der Waals surface area contributed by atoms with Gasteiger partial charge < -0.3 is 9.32 Å². The molecule has 3 rings (SSSR count). The minimum atomic E-state index is 0.130. The van der Waals surface area contributed by atoms with E-state index in [2.05, 4.69) is 0 Å². The van der Waals surface area contributed by atoms with E-state index in [4.69, 9.17) is 4.42 Å². The van der Waals surface area contributed by atoms with Crippen molar-refractivity contribution in [2.45, 2.75) is 18.9 Å². The fourth-order valence-corrected chi connectivity index (χ4v) is 2.39. The molecule has 1 unspecified atom stereocenters. The topological polar surface area (TPSA) is 33.5 Å². The van der Waals surface area contributed by atoms with Gasteiger partial charge in [0.2, 0.25) is 6.41 Å². The van der Waals surface area contributed by atoms with E-state index < -0.39 is 0 Å². The fourth-order valence-electron chi connectivity index (χ4n) is 2.39. The summed E-state index contributed by atoms with van der Waals surface area (Å²) in [5, 5.41) is 1.11. The van der Waals surface area contributed by atoms with Crippen molar-refractivity contribution >= 4 is 17.4 Å². The normalized spacial score (nSPS) is 20.5. The lowest BCUT2D eigenvalue weighted by Crippen LogP contribution is -2.20. The highest BCUT2D eigenvalue weighted by Crippen LogP contribution is 2.33. The number of benzene rings is 1. The van der Waals surface area contributed by atoms with Crippen molar-refractivity contribution in [1.29, 1.82) is 0 Å². The smallest absolute Gasteiger partial charge is 0.210 e. The summed E-state index contributed by atoms with van der Waals surface area (Å²) in [5.74, 6) is 0.908. The Hall–Kier alpha value is -1.77. The largest absolute Gasteiger partial charge is 0.459 e. The number of hydrogen-bond donors (Lipinski definition) is 0. The van der Waals surface area contributed by atoms with E-state index >= 15 is 0 Å². The van der Waals surface area contributed by atoms with E-state index in [0.717, 1.165) is 42.5 Å². The van der Waals surface area contributed by atoms with Crippen molar-refractivity contribution in [1.82, 2.24) is 4.90 Å². The molecule has 1 amide bonds. The molecule has 0 N–H and O–H groups in total. The molecule has 1 fully saturated rings. The first kappa shape index (κ1) is 9.46. The van der Waals surface area contributed by atoms with Crippen molar-refractivity contribution < 1.29 is 9.21 Å². The van der Waals surface area contributed by atoms with Gasteiger partial charge in [-0.1, -0.05) is 18.2 Å². The summed E-state index contributed by atoms with van der Waals surface area (Å²) in [4.78, 5) is 12.7. The average molecular weight is 215 g/mol. The van der Waals surface area contributed by atoms with Crippen LogP contribution in [0.5, 0.6) is 0 Å². The molecule has 3 heteroatoms. The molecule has 1 aliphatic heterocycles. The maximum absolute atomic E-state index is 10.9. The Balaban J connectivity index is 2.02.